The van der Waals surface area contributed by atoms with Gasteiger partial charge in [0.2, 0.25) is 5.91 Å². The molecule has 0 aliphatic heterocycles. The number of hydrogen-bond donors (Lipinski definition) is 3. The minimum Gasteiger partial charge on any atom is -0.480 e. The first-order chi connectivity index (χ1) is 7.38. The number of nitrogens with two attached hydrogens (primary N) is 1. The van der Waals surface area contributed by atoms with Gasteiger partial charge in [-0.3, -0.25) is 4.79 Å². The van der Waals surface area contributed by atoms with Gasteiger partial charge in [-0.15, -0.1) is 12.3 Å². The number of carboxylic acid groups (broad SMARTS) is 1. The first-order valence-corrected chi connectivity index (χ1v) is 5.10. The van der Waals surface area contributed by atoms with Crippen LogP contribution in [0.1, 0.15) is 26.7 Å². The molecule has 0 aromatic rings. The van der Waals surface area contributed by atoms with Crippen molar-refractivity contribution in [2.75, 3.05) is 0 Å². The second kappa shape index (κ2) is 6.85. The number of nitrogens with one attached hydrogen (secondary N) is 1. The van der Waals surface area contributed by atoms with E-state index in [4.69, 9.17) is 17.3 Å². The predicted molar refractivity (Wildman–Crippen MR) is 60.4 cm³/mol. The van der Waals surface area contributed by atoms with E-state index in [2.05, 4.69) is 11.2 Å². The van der Waals surface area contributed by atoms with E-state index in [1.54, 1.807) is 0 Å². The van der Waals surface area contributed by atoms with Crippen LogP contribution in [0.5, 0.6) is 0 Å². The standard InChI is InChI=1S/C11H18N2O3/c1-4-5-9(11(15)16)13-10(14)8(12)6-7(2)3/h1,7-9H,5-6,12H2,2-3H3,(H,13,14)(H,15,16). The summed E-state index contributed by atoms with van der Waals surface area (Å²) in [6.45, 7) is 3.87. The van der Waals surface area contributed by atoms with Gasteiger partial charge in [0.05, 0.1) is 6.04 Å². The maximum Gasteiger partial charge on any atom is 0.327 e. The minimum absolute atomic E-state index is 0.0462. The zero-order valence-electron chi connectivity index (χ0n) is 9.56. The highest BCUT2D eigenvalue weighted by Gasteiger charge is 2.22. The molecule has 1 amide bonds. The van der Waals surface area contributed by atoms with Crippen LogP contribution in [0.3, 0.4) is 0 Å². The first kappa shape index (κ1) is 14.5. The molecule has 4 N–H and O–H groups in total. The number of terminal acetylenes is 1. The zero-order chi connectivity index (χ0) is 12.7. The van der Waals surface area contributed by atoms with Gasteiger partial charge in [-0.25, -0.2) is 4.79 Å². The van der Waals surface area contributed by atoms with E-state index >= 15 is 0 Å². The zero-order valence-corrected chi connectivity index (χ0v) is 9.56. The van der Waals surface area contributed by atoms with Gasteiger partial charge in [-0.1, -0.05) is 13.8 Å². The van der Waals surface area contributed by atoms with E-state index in [0.717, 1.165) is 0 Å². The van der Waals surface area contributed by atoms with Crippen molar-refractivity contribution in [2.24, 2.45) is 11.7 Å². The van der Waals surface area contributed by atoms with Crippen molar-refractivity contribution >= 4 is 11.9 Å². The Bertz CT molecular complexity index is 294. The lowest BCUT2D eigenvalue weighted by atomic mass is 10.0. The monoisotopic (exact) mass is 226 g/mol. The lowest BCUT2D eigenvalue weighted by molar-refractivity contribution is -0.141. The van der Waals surface area contributed by atoms with E-state index in [-0.39, 0.29) is 12.3 Å². The molecule has 0 aromatic carbocycles. The van der Waals surface area contributed by atoms with Crippen LogP contribution in [0, 0.1) is 18.3 Å². The molecule has 0 bridgehead atoms. The Kier molecular flexibility index (Phi) is 6.19. The molecule has 0 spiro atoms. The summed E-state index contributed by atoms with van der Waals surface area (Å²) >= 11 is 0. The molecule has 5 heteroatoms. The van der Waals surface area contributed by atoms with Crippen LogP contribution >= 0.6 is 0 Å². The average molecular weight is 226 g/mol. The summed E-state index contributed by atoms with van der Waals surface area (Å²) in [5.41, 5.74) is 5.61. The van der Waals surface area contributed by atoms with Crippen molar-refractivity contribution in [3.8, 4) is 12.3 Å². The highest BCUT2D eigenvalue weighted by molar-refractivity contribution is 5.86. The van der Waals surface area contributed by atoms with Crippen LogP contribution in [0.25, 0.3) is 0 Å². The first-order valence-electron chi connectivity index (χ1n) is 5.10. The van der Waals surface area contributed by atoms with Crippen molar-refractivity contribution in [1.29, 1.82) is 0 Å². The van der Waals surface area contributed by atoms with Gasteiger partial charge in [0.15, 0.2) is 0 Å². The van der Waals surface area contributed by atoms with Crippen LogP contribution in [-0.4, -0.2) is 29.1 Å². The number of rotatable bonds is 6. The molecule has 0 aliphatic carbocycles. The van der Waals surface area contributed by atoms with Gasteiger partial charge in [0.1, 0.15) is 6.04 Å². The SMILES string of the molecule is C#CCC(NC(=O)C(N)CC(C)C)C(=O)O. The fourth-order valence-corrected chi connectivity index (χ4v) is 1.21. The highest BCUT2D eigenvalue weighted by Crippen LogP contribution is 2.03. The quantitative estimate of drug-likeness (QED) is 0.554. The molecule has 2 unspecified atom stereocenters. The summed E-state index contributed by atoms with van der Waals surface area (Å²) in [5.74, 6) is 0.847. The topological polar surface area (TPSA) is 92.4 Å². The van der Waals surface area contributed by atoms with Gasteiger partial charge in [0.25, 0.3) is 0 Å². The number of aliphatic carboxylic acids is 1. The number of carbonyl (C=O) groups excluding carboxylic acids is 1. The largest absolute Gasteiger partial charge is 0.480 e. The summed E-state index contributed by atoms with van der Waals surface area (Å²) < 4.78 is 0. The van der Waals surface area contributed by atoms with Crippen LogP contribution in [0.4, 0.5) is 0 Å². The van der Waals surface area contributed by atoms with Gasteiger partial charge >= 0.3 is 5.97 Å². The normalized spacial score (nSPS) is 13.9. The fraction of sp³-hybridized carbons (Fsp3) is 0.636. The second-order valence-electron chi connectivity index (χ2n) is 4.04. The van der Waals surface area contributed by atoms with Gasteiger partial charge in [0, 0.05) is 6.42 Å². The summed E-state index contributed by atoms with van der Waals surface area (Å²) in [6.07, 6.45) is 5.47. The average Bonchev–Trinajstić information content (AvgIpc) is 2.15. The molecule has 90 valence electrons. The predicted octanol–water partition coefficient (Wildman–Crippen LogP) is -0.0475. The van der Waals surface area contributed by atoms with Crippen molar-refractivity contribution in [1.82, 2.24) is 5.32 Å². The van der Waals surface area contributed by atoms with Crippen LogP contribution in [0.2, 0.25) is 0 Å². The lowest BCUT2D eigenvalue weighted by Crippen LogP contribution is -2.48. The molecular weight excluding hydrogens is 208 g/mol. The molecule has 16 heavy (non-hydrogen) atoms. The molecule has 0 radical (unpaired) electrons. The van der Waals surface area contributed by atoms with E-state index in [1.165, 1.54) is 0 Å². The third-order valence-electron chi connectivity index (χ3n) is 2.00. The Balaban J connectivity index is 4.30. The fourth-order valence-electron chi connectivity index (χ4n) is 1.21. The van der Waals surface area contributed by atoms with Crippen molar-refractivity contribution in [2.45, 2.75) is 38.8 Å². The van der Waals surface area contributed by atoms with E-state index in [0.29, 0.717) is 6.42 Å². The van der Waals surface area contributed by atoms with Crippen molar-refractivity contribution in [3.05, 3.63) is 0 Å². The summed E-state index contributed by atoms with van der Waals surface area (Å²) in [6, 6.07) is -1.75. The Morgan fingerprint density at radius 3 is 2.44 bits per heavy atom. The molecular formula is C11H18N2O3. The van der Waals surface area contributed by atoms with Gasteiger partial charge in [-0.2, -0.15) is 0 Å². The highest BCUT2D eigenvalue weighted by atomic mass is 16.4. The van der Waals surface area contributed by atoms with Crippen LogP contribution < -0.4 is 11.1 Å². The van der Waals surface area contributed by atoms with Gasteiger partial charge < -0.3 is 16.2 Å². The molecule has 0 aliphatic rings. The Morgan fingerprint density at radius 1 is 1.50 bits per heavy atom. The maximum atomic E-state index is 11.5. The van der Waals surface area contributed by atoms with E-state index < -0.39 is 24.0 Å². The minimum atomic E-state index is -1.15. The summed E-state index contributed by atoms with van der Waals surface area (Å²) in [7, 11) is 0. The van der Waals surface area contributed by atoms with Crippen LogP contribution in [0.15, 0.2) is 0 Å². The Hall–Kier alpha value is -1.54. The molecule has 2 atom stereocenters. The lowest BCUT2D eigenvalue weighted by Gasteiger charge is -2.17. The Morgan fingerprint density at radius 2 is 2.06 bits per heavy atom. The summed E-state index contributed by atoms with van der Waals surface area (Å²) in [4.78, 5) is 22.2. The molecule has 0 fully saturated rings. The third-order valence-corrected chi connectivity index (χ3v) is 2.00. The summed E-state index contributed by atoms with van der Waals surface area (Å²) in [5, 5.41) is 11.1. The molecule has 0 heterocycles. The molecule has 0 saturated carbocycles. The van der Waals surface area contributed by atoms with Crippen LogP contribution in [-0.2, 0) is 9.59 Å². The molecule has 5 nitrogen and oxygen atoms in total. The number of carbonyl (C=O) groups is 2. The number of carboxylic acids is 1. The number of hydrogen-bond acceptors (Lipinski definition) is 3. The van der Waals surface area contributed by atoms with E-state index in [9.17, 15) is 9.59 Å². The van der Waals surface area contributed by atoms with Gasteiger partial charge in [-0.05, 0) is 12.3 Å². The van der Waals surface area contributed by atoms with Crippen molar-refractivity contribution in [3.63, 3.8) is 0 Å². The van der Waals surface area contributed by atoms with Crippen molar-refractivity contribution < 1.29 is 14.7 Å². The smallest absolute Gasteiger partial charge is 0.327 e. The second-order valence-corrected chi connectivity index (χ2v) is 4.04. The molecule has 0 aromatic heterocycles. The Labute approximate surface area is 95.4 Å². The molecule has 0 rings (SSSR count). The third kappa shape index (κ3) is 5.37. The molecule has 0 saturated heterocycles. The number of amides is 1. The van der Waals surface area contributed by atoms with E-state index in [1.807, 2.05) is 13.8 Å². The maximum absolute atomic E-state index is 11.5.